The molecule has 0 heterocycles. The number of rotatable bonds is 11. The summed E-state index contributed by atoms with van der Waals surface area (Å²) in [6.45, 7) is 0. The second-order valence-electron chi connectivity index (χ2n) is 11.5. The fraction of sp³-hybridized carbons (Fsp3) is 0.0323. The molecule has 0 aromatic heterocycles. The lowest BCUT2D eigenvalue weighted by Crippen LogP contribution is -1.99. The number of non-ortho nitro benzene ring substituents is 4. The van der Waals surface area contributed by atoms with E-state index in [1.54, 1.807) is 0 Å². The van der Waals surface area contributed by atoms with Crippen molar-refractivity contribution in [1.82, 2.24) is 0 Å². The molecule has 0 saturated carbocycles. The average molecular weight is 754 g/mol. The van der Waals surface area contributed by atoms with Gasteiger partial charge in [-0.05, 0) is 16.7 Å². The van der Waals surface area contributed by atoms with Crippen LogP contribution in [0, 0.1) is 80.9 Å². The second kappa shape index (κ2) is 13.1. The fourth-order valence-corrected chi connectivity index (χ4v) is 6.56. The van der Waals surface area contributed by atoms with E-state index in [2.05, 4.69) is 0 Å². The summed E-state index contributed by atoms with van der Waals surface area (Å²) < 4.78 is 0. The summed E-state index contributed by atoms with van der Waals surface area (Å²) in [6.07, 6.45) is 6.04. The molecule has 0 fully saturated rings. The largest absolute Gasteiger partial charge is 0.284 e. The van der Waals surface area contributed by atoms with Gasteiger partial charge in [-0.25, -0.2) is 0 Å². The number of nitro groups is 8. The Morgan fingerprint density at radius 3 is 1.04 bits per heavy atom. The van der Waals surface area contributed by atoms with Gasteiger partial charge in [0.25, 0.3) is 45.5 Å². The van der Waals surface area contributed by atoms with Gasteiger partial charge in [-0.2, -0.15) is 0 Å². The monoisotopic (exact) mass is 754 g/mol. The third-order valence-corrected chi connectivity index (χ3v) is 8.64. The Kier molecular flexibility index (Phi) is 8.62. The Balaban J connectivity index is 1.55. The minimum atomic E-state index is -1.29. The highest BCUT2D eigenvalue weighted by atomic mass is 16.7. The van der Waals surface area contributed by atoms with Gasteiger partial charge in [-0.1, -0.05) is 30.4 Å². The molecule has 0 N–H and O–H groups in total. The van der Waals surface area contributed by atoms with Crippen LogP contribution in [0.25, 0.3) is 27.8 Å². The van der Waals surface area contributed by atoms with Crippen LogP contribution in [0.15, 0.2) is 78.9 Å². The molecule has 4 aromatic carbocycles. The van der Waals surface area contributed by atoms with Crippen molar-refractivity contribution in [2.75, 3.05) is 0 Å². The molecule has 0 aliphatic heterocycles. The summed E-state index contributed by atoms with van der Waals surface area (Å²) in [7, 11) is 0. The highest BCUT2D eigenvalue weighted by Crippen LogP contribution is 2.56. The maximum absolute atomic E-state index is 12.1. The van der Waals surface area contributed by atoms with Crippen LogP contribution in [0.2, 0.25) is 0 Å². The first-order valence-electron chi connectivity index (χ1n) is 14.9. The van der Waals surface area contributed by atoms with Crippen LogP contribution in [0.5, 0.6) is 0 Å². The van der Waals surface area contributed by atoms with Gasteiger partial charge in [0.2, 0.25) is 0 Å². The van der Waals surface area contributed by atoms with E-state index >= 15 is 0 Å². The number of hydrogen-bond acceptors (Lipinski definition) is 16. The number of hydrogen-bond donors (Lipinski definition) is 0. The SMILES string of the molecule is O=[N+]([O-])c1cc2c(c([N+](=O)[O-])c1)-c1c(cc([N+](=O)[O-])cc1[N+](=O)[O-])C2=C/C=C/C=C/C1c2cc([N+](=O)[O-])cc([N+](=O)[O-])c2-c2c1cc([N+](=O)[O-])cc2[N+](=O)[O-]. The minimum Gasteiger partial charge on any atom is -0.258 e. The van der Waals surface area contributed by atoms with E-state index in [9.17, 15) is 80.9 Å². The second-order valence-corrected chi connectivity index (χ2v) is 11.5. The van der Waals surface area contributed by atoms with Crippen molar-refractivity contribution in [2.24, 2.45) is 0 Å². The molecule has 0 saturated heterocycles. The van der Waals surface area contributed by atoms with Gasteiger partial charge in [-0.15, -0.1) is 0 Å². The van der Waals surface area contributed by atoms with E-state index in [1.807, 2.05) is 0 Å². The van der Waals surface area contributed by atoms with E-state index in [4.69, 9.17) is 0 Å². The van der Waals surface area contributed by atoms with Gasteiger partial charge in [0.05, 0.1) is 85.9 Å². The number of allylic oxidation sites excluding steroid dienone is 5. The highest BCUT2D eigenvalue weighted by molar-refractivity contribution is 6.08. The van der Waals surface area contributed by atoms with Crippen molar-refractivity contribution in [2.45, 2.75) is 5.92 Å². The van der Waals surface area contributed by atoms with Crippen molar-refractivity contribution < 1.29 is 39.4 Å². The molecular weight excluding hydrogens is 740 g/mol. The Bertz CT molecular complexity index is 2480. The van der Waals surface area contributed by atoms with E-state index in [0.29, 0.717) is 24.3 Å². The van der Waals surface area contributed by atoms with Gasteiger partial charge >= 0.3 is 0 Å². The molecule has 0 atom stereocenters. The zero-order valence-electron chi connectivity index (χ0n) is 26.7. The molecule has 2 aliphatic rings. The summed E-state index contributed by atoms with van der Waals surface area (Å²) in [6, 6.07) is 5.96. The molecule has 24 nitrogen and oxygen atoms in total. The van der Waals surface area contributed by atoms with Gasteiger partial charge < -0.3 is 0 Å². The van der Waals surface area contributed by atoms with Crippen molar-refractivity contribution in [3.05, 3.63) is 182 Å². The highest BCUT2D eigenvalue weighted by Gasteiger charge is 2.43. The summed E-state index contributed by atoms with van der Waals surface area (Å²) in [5.41, 5.74) is -9.33. The zero-order chi connectivity index (χ0) is 40.2. The Hall–Kier alpha value is -8.70. The normalized spacial score (nSPS) is 12.5. The summed E-state index contributed by atoms with van der Waals surface area (Å²) in [5.74, 6) is -1.29. The smallest absolute Gasteiger partial charge is 0.258 e. The third kappa shape index (κ3) is 5.97. The summed E-state index contributed by atoms with van der Waals surface area (Å²) in [5, 5.41) is 95.1. The maximum atomic E-state index is 12.1. The molecule has 0 unspecified atom stereocenters. The van der Waals surface area contributed by atoms with Crippen LogP contribution in [0.1, 0.15) is 28.2 Å². The third-order valence-electron chi connectivity index (χ3n) is 8.64. The molecule has 0 amide bonds. The molecule has 24 heteroatoms. The van der Waals surface area contributed by atoms with Crippen LogP contribution in [0.3, 0.4) is 0 Å². The molecule has 2 aliphatic carbocycles. The van der Waals surface area contributed by atoms with E-state index in [1.165, 1.54) is 24.3 Å². The predicted molar refractivity (Wildman–Crippen MR) is 184 cm³/mol. The Morgan fingerprint density at radius 1 is 0.382 bits per heavy atom. The van der Waals surface area contributed by atoms with Crippen molar-refractivity contribution in [3.63, 3.8) is 0 Å². The van der Waals surface area contributed by atoms with Gasteiger partial charge in [0.1, 0.15) is 0 Å². The van der Waals surface area contributed by atoms with E-state index in [-0.39, 0.29) is 27.8 Å². The van der Waals surface area contributed by atoms with Gasteiger partial charge in [-0.3, -0.25) is 80.9 Å². The molecule has 55 heavy (non-hydrogen) atoms. The zero-order valence-corrected chi connectivity index (χ0v) is 26.7. The molecule has 0 bridgehead atoms. The number of nitrogens with zero attached hydrogens (tertiary/aromatic N) is 8. The summed E-state index contributed by atoms with van der Waals surface area (Å²) in [4.78, 5) is 87.2. The lowest BCUT2D eigenvalue weighted by Gasteiger charge is -2.08. The summed E-state index contributed by atoms with van der Waals surface area (Å²) >= 11 is 0. The quantitative estimate of drug-likeness (QED) is 0.0725. The first kappa shape index (κ1) is 36.1. The molecule has 274 valence electrons. The first-order valence-corrected chi connectivity index (χ1v) is 14.9. The van der Waals surface area contributed by atoms with E-state index in [0.717, 1.165) is 30.3 Å². The number of fused-ring (bicyclic) bond motifs is 6. The van der Waals surface area contributed by atoms with Crippen LogP contribution < -0.4 is 0 Å². The predicted octanol–water partition coefficient (Wildman–Crippen LogP) is 7.29. The molecule has 0 radical (unpaired) electrons. The topological polar surface area (TPSA) is 345 Å². The first-order chi connectivity index (χ1) is 25.9. The lowest BCUT2D eigenvalue weighted by molar-refractivity contribution is -0.395. The minimum absolute atomic E-state index is 0.151. The molecule has 6 rings (SSSR count). The maximum Gasteiger partial charge on any atom is 0.284 e. The fourth-order valence-electron chi connectivity index (χ4n) is 6.56. The lowest BCUT2D eigenvalue weighted by atomic mass is 9.95. The average Bonchev–Trinajstić information content (AvgIpc) is 3.61. The van der Waals surface area contributed by atoms with Gasteiger partial charge in [0, 0.05) is 41.3 Å². The van der Waals surface area contributed by atoms with Gasteiger partial charge in [0.15, 0.2) is 0 Å². The standard InChI is InChI=1S/C31H14N8O16/c40-32(41)14-6-20-18(21-7-15(33(42)43)11-25(37(50)51)29(21)28(20)24(10-14)36(48)49)4-2-1-3-5-19-22-8-16(34(44)45)12-26(38(52)53)30(22)31-23(19)9-17(35(46)47)13-27(31)39(54)55/h1-13,18H/b3-1+,4-2+. The Labute approximate surface area is 300 Å². The van der Waals surface area contributed by atoms with Crippen LogP contribution in [-0.2, 0) is 0 Å². The Morgan fingerprint density at radius 2 is 0.709 bits per heavy atom. The van der Waals surface area contributed by atoms with Crippen molar-refractivity contribution in [1.29, 1.82) is 0 Å². The number of nitro benzene ring substituents is 8. The van der Waals surface area contributed by atoms with E-state index < -0.39 is 113 Å². The molecular formula is C31H14N8O16. The van der Waals surface area contributed by atoms with Crippen LogP contribution in [0.4, 0.5) is 45.5 Å². The molecule has 0 spiro atoms. The molecule has 4 aromatic rings. The van der Waals surface area contributed by atoms with Crippen LogP contribution >= 0.6 is 0 Å². The van der Waals surface area contributed by atoms with Crippen molar-refractivity contribution >= 4 is 51.1 Å². The van der Waals surface area contributed by atoms with Crippen molar-refractivity contribution in [3.8, 4) is 22.3 Å². The van der Waals surface area contributed by atoms with Crippen LogP contribution in [-0.4, -0.2) is 39.4 Å². The number of benzene rings is 4.